The van der Waals surface area contributed by atoms with Crippen LogP contribution in [-0.2, 0) is 18.3 Å². The van der Waals surface area contributed by atoms with Gasteiger partial charge in [-0.2, -0.15) is 5.10 Å². The second-order valence-corrected chi connectivity index (χ2v) is 4.27. The molecule has 88 valence electrons. The second kappa shape index (κ2) is 5.12. The molecule has 2 N–H and O–H groups in total. The van der Waals surface area contributed by atoms with Gasteiger partial charge in [0.15, 0.2) is 0 Å². The van der Waals surface area contributed by atoms with E-state index in [1.807, 2.05) is 19.4 Å². The fourth-order valence-corrected chi connectivity index (χ4v) is 1.72. The molecule has 0 bridgehead atoms. The van der Waals surface area contributed by atoms with Crippen LogP contribution in [0.2, 0.25) is 0 Å². The lowest BCUT2D eigenvalue weighted by Gasteiger charge is -2.25. The Morgan fingerprint density at radius 1 is 1.69 bits per heavy atom. The predicted molar refractivity (Wildman–Crippen MR) is 60.9 cm³/mol. The minimum Gasteiger partial charge on any atom is -0.356 e. The lowest BCUT2D eigenvalue weighted by molar-refractivity contribution is -0.126. The van der Waals surface area contributed by atoms with Crippen LogP contribution in [0, 0.1) is 5.92 Å². The van der Waals surface area contributed by atoms with Crippen molar-refractivity contribution < 1.29 is 4.79 Å². The maximum Gasteiger partial charge on any atom is 0.225 e. The molecule has 1 saturated heterocycles. The number of carbonyl (C=O) groups is 1. The highest BCUT2D eigenvalue weighted by Crippen LogP contribution is 2.03. The highest BCUT2D eigenvalue weighted by atomic mass is 16.2. The van der Waals surface area contributed by atoms with Gasteiger partial charge in [-0.1, -0.05) is 0 Å². The number of rotatable bonds is 5. The first-order valence-electron chi connectivity index (χ1n) is 5.71. The van der Waals surface area contributed by atoms with E-state index < -0.39 is 0 Å². The van der Waals surface area contributed by atoms with Gasteiger partial charge in [-0.25, -0.2) is 0 Å². The number of aryl methyl sites for hydroxylation is 2. The minimum absolute atomic E-state index is 0.185. The summed E-state index contributed by atoms with van der Waals surface area (Å²) < 4.78 is 1.80. The molecular weight excluding hydrogens is 204 g/mol. The molecule has 2 rings (SSSR count). The van der Waals surface area contributed by atoms with Gasteiger partial charge in [-0.15, -0.1) is 0 Å². The van der Waals surface area contributed by atoms with Gasteiger partial charge < -0.3 is 10.6 Å². The van der Waals surface area contributed by atoms with Crippen molar-refractivity contribution in [1.82, 2.24) is 20.4 Å². The molecule has 0 unspecified atom stereocenters. The molecule has 0 spiro atoms. The first-order chi connectivity index (χ1) is 7.75. The van der Waals surface area contributed by atoms with Crippen molar-refractivity contribution in [3.8, 4) is 0 Å². The maximum atomic E-state index is 11.5. The summed E-state index contributed by atoms with van der Waals surface area (Å²) in [6.07, 6.45) is 5.82. The Labute approximate surface area is 95.2 Å². The molecule has 1 aliphatic heterocycles. The molecule has 0 atom stereocenters. The Morgan fingerprint density at radius 3 is 3.06 bits per heavy atom. The lowest BCUT2D eigenvalue weighted by atomic mass is 10.0. The van der Waals surface area contributed by atoms with E-state index in [2.05, 4.69) is 15.7 Å². The second-order valence-electron chi connectivity index (χ2n) is 4.27. The highest BCUT2D eigenvalue weighted by molar-refractivity contribution is 5.79. The average molecular weight is 222 g/mol. The molecule has 1 aromatic heterocycles. The zero-order chi connectivity index (χ0) is 11.4. The van der Waals surface area contributed by atoms with E-state index >= 15 is 0 Å². The van der Waals surface area contributed by atoms with Crippen LogP contribution in [0.4, 0.5) is 0 Å². The molecule has 1 aliphatic rings. The third kappa shape index (κ3) is 2.82. The van der Waals surface area contributed by atoms with Crippen molar-refractivity contribution in [3.63, 3.8) is 0 Å². The first-order valence-corrected chi connectivity index (χ1v) is 5.71. The Kier molecular flexibility index (Phi) is 3.56. The van der Waals surface area contributed by atoms with Gasteiger partial charge in [-0.05, 0) is 18.4 Å². The van der Waals surface area contributed by atoms with Gasteiger partial charge in [0.1, 0.15) is 0 Å². The summed E-state index contributed by atoms with van der Waals surface area (Å²) in [6, 6.07) is 0. The van der Waals surface area contributed by atoms with Crippen LogP contribution in [0.15, 0.2) is 12.4 Å². The summed E-state index contributed by atoms with van der Waals surface area (Å²) in [4.78, 5) is 11.5. The molecule has 0 aromatic carbocycles. The lowest BCUT2D eigenvalue weighted by Crippen LogP contribution is -2.50. The van der Waals surface area contributed by atoms with Gasteiger partial charge in [0.05, 0.1) is 12.1 Å². The summed E-state index contributed by atoms with van der Waals surface area (Å²) >= 11 is 0. The maximum absolute atomic E-state index is 11.5. The number of nitrogens with zero attached hydrogens (tertiary/aromatic N) is 2. The molecule has 1 amide bonds. The molecule has 16 heavy (non-hydrogen) atoms. The fraction of sp³-hybridized carbons (Fsp3) is 0.636. The number of nitrogens with one attached hydrogen (secondary N) is 2. The van der Waals surface area contributed by atoms with Crippen LogP contribution in [0.5, 0.6) is 0 Å². The molecule has 2 heterocycles. The van der Waals surface area contributed by atoms with E-state index in [0.29, 0.717) is 0 Å². The third-order valence-corrected chi connectivity index (χ3v) is 2.85. The van der Waals surface area contributed by atoms with Gasteiger partial charge in [0.2, 0.25) is 5.91 Å². The van der Waals surface area contributed by atoms with E-state index in [1.54, 1.807) is 4.68 Å². The van der Waals surface area contributed by atoms with Crippen LogP contribution in [0.25, 0.3) is 0 Å². The number of hydrogen-bond acceptors (Lipinski definition) is 3. The van der Waals surface area contributed by atoms with Gasteiger partial charge in [0, 0.05) is 32.9 Å². The smallest absolute Gasteiger partial charge is 0.225 e. The number of carbonyl (C=O) groups excluding carboxylic acids is 1. The van der Waals surface area contributed by atoms with E-state index in [9.17, 15) is 4.79 Å². The molecule has 5 nitrogen and oxygen atoms in total. The van der Waals surface area contributed by atoms with E-state index in [0.717, 1.165) is 32.5 Å². The summed E-state index contributed by atoms with van der Waals surface area (Å²) in [6.45, 7) is 2.41. The zero-order valence-electron chi connectivity index (χ0n) is 9.57. The quantitative estimate of drug-likeness (QED) is 0.672. The topological polar surface area (TPSA) is 59.0 Å². The summed E-state index contributed by atoms with van der Waals surface area (Å²) in [5.74, 6) is 0.378. The molecular formula is C11H18N4O. The normalized spacial score (nSPS) is 15.8. The first kappa shape index (κ1) is 11.1. The summed E-state index contributed by atoms with van der Waals surface area (Å²) in [5, 5.41) is 10.1. The van der Waals surface area contributed by atoms with Crippen molar-refractivity contribution in [2.24, 2.45) is 13.0 Å². The number of amides is 1. The summed E-state index contributed by atoms with van der Waals surface area (Å²) in [5.41, 5.74) is 1.22. The van der Waals surface area contributed by atoms with Crippen molar-refractivity contribution in [2.45, 2.75) is 12.8 Å². The summed E-state index contributed by atoms with van der Waals surface area (Å²) in [7, 11) is 1.91. The highest BCUT2D eigenvalue weighted by Gasteiger charge is 2.23. The molecule has 0 radical (unpaired) electrons. The van der Waals surface area contributed by atoms with Crippen molar-refractivity contribution in [2.75, 3.05) is 19.6 Å². The number of hydrogen-bond donors (Lipinski definition) is 2. The molecule has 0 aliphatic carbocycles. The van der Waals surface area contributed by atoms with Crippen molar-refractivity contribution in [3.05, 3.63) is 18.0 Å². The molecule has 1 fully saturated rings. The van der Waals surface area contributed by atoms with E-state index in [4.69, 9.17) is 0 Å². The monoisotopic (exact) mass is 222 g/mol. The van der Waals surface area contributed by atoms with Crippen LogP contribution in [-0.4, -0.2) is 35.3 Å². The largest absolute Gasteiger partial charge is 0.356 e. The predicted octanol–water partition coefficient (Wildman–Crippen LogP) is -0.312. The molecule has 5 heteroatoms. The van der Waals surface area contributed by atoms with Gasteiger partial charge >= 0.3 is 0 Å². The van der Waals surface area contributed by atoms with Crippen LogP contribution in [0.3, 0.4) is 0 Å². The average Bonchev–Trinajstić information content (AvgIpc) is 2.56. The fourth-order valence-electron chi connectivity index (χ4n) is 1.72. The van der Waals surface area contributed by atoms with E-state index in [1.165, 1.54) is 5.56 Å². The zero-order valence-corrected chi connectivity index (χ0v) is 9.57. The number of aromatic nitrogens is 2. The Hall–Kier alpha value is -1.36. The van der Waals surface area contributed by atoms with E-state index in [-0.39, 0.29) is 11.8 Å². The molecule has 1 aromatic rings. The van der Waals surface area contributed by atoms with Crippen LogP contribution >= 0.6 is 0 Å². The SMILES string of the molecule is Cn1cc(CCCNC(=O)C2CNC2)cn1. The van der Waals surface area contributed by atoms with Crippen molar-refractivity contribution in [1.29, 1.82) is 0 Å². The third-order valence-electron chi connectivity index (χ3n) is 2.85. The van der Waals surface area contributed by atoms with Gasteiger partial charge in [0.25, 0.3) is 0 Å². The Bertz CT molecular complexity index is 357. The Morgan fingerprint density at radius 2 is 2.50 bits per heavy atom. The van der Waals surface area contributed by atoms with Gasteiger partial charge in [-0.3, -0.25) is 9.48 Å². The minimum atomic E-state index is 0.185. The Balaban J connectivity index is 1.59. The van der Waals surface area contributed by atoms with Crippen LogP contribution in [0.1, 0.15) is 12.0 Å². The van der Waals surface area contributed by atoms with Crippen molar-refractivity contribution >= 4 is 5.91 Å². The van der Waals surface area contributed by atoms with Crippen LogP contribution < -0.4 is 10.6 Å². The standard InChI is InChI=1S/C11H18N4O/c1-15-8-9(5-14-15)3-2-4-13-11(16)10-6-12-7-10/h5,8,10,12H,2-4,6-7H2,1H3,(H,13,16). The molecule has 0 saturated carbocycles.